The first-order valence-corrected chi connectivity index (χ1v) is 7.39. The van der Waals surface area contributed by atoms with E-state index in [-0.39, 0.29) is 5.57 Å². The summed E-state index contributed by atoms with van der Waals surface area (Å²) in [5.41, 5.74) is 11.8. The molecule has 6 heteroatoms. The van der Waals surface area contributed by atoms with Crippen molar-refractivity contribution in [2.45, 2.75) is 6.92 Å². The first-order valence-electron chi connectivity index (χ1n) is 7.39. The summed E-state index contributed by atoms with van der Waals surface area (Å²) in [6.07, 6.45) is 1.41. The minimum atomic E-state index is 0.254. The van der Waals surface area contributed by atoms with Crippen molar-refractivity contribution in [1.82, 2.24) is 9.55 Å². The summed E-state index contributed by atoms with van der Waals surface area (Å²) in [5, 5.41) is 13.5. The Labute approximate surface area is 139 Å². The second-order valence-electron chi connectivity index (χ2n) is 5.13. The van der Waals surface area contributed by atoms with Crippen LogP contribution >= 0.6 is 0 Å². The van der Waals surface area contributed by atoms with Gasteiger partial charge in [-0.2, -0.15) is 10.4 Å². The van der Waals surface area contributed by atoms with Gasteiger partial charge in [-0.3, -0.25) is 9.99 Å². The van der Waals surface area contributed by atoms with Crippen LogP contribution in [0.5, 0.6) is 0 Å². The molecule has 1 heterocycles. The molecule has 0 atom stereocenters. The van der Waals surface area contributed by atoms with Gasteiger partial charge in [-0.1, -0.05) is 30.3 Å². The van der Waals surface area contributed by atoms with E-state index in [2.05, 4.69) is 21.6 Å². The molecular weight excluding hydrogens is 300 g/mol. The third kappa shape index (κ3) is 2.96. The minimum Gasteiger partial charge on any atom is -0.384 e. The zero-order chi connectivity index (χ0) is 16.9. The minimum absolute atomic E-state index is 0.254. The van der Waals surface area contributed by atoms with E-state index in [1.54, 1.807) is 4.57 Å². The fraction of sp³-hybridized carbons (Fsp3) is 0.0556. The second kappa shape index (κ2) is 6.67. The molecule has 0 fully saturated rings. The van der Waals surface area contributed by atoms with Gasteiger partial charge in [0.15, 0.2) is 0 Å². The van der Waals surface area contributed by atoms with Gasteiger partial charge in [0.1, 0.15) is 23.3 Å². The van der Waals surface area contributed by atoms with Crippen molar-refractivity contribution in [2.75, 3.05) is 5.43 Å². The molecule has 0 aliphatic heterocycles. The van der Waals surface area contributed by atoms with Crippen LogP contribution in [0.3, 0.4) is 0 Å². The molecule has 0 radical (unpaired) electrons. The lowest BCUT2D eigenvalue weighted by Crippen LogP contribution is -2.12. The number of nitrogens with zero attached hydrogens (tertiary/aromatic N) is 4. The third-order valence-corrected chi connectivity index (χ3v) is 3.53. The molecule has 0 bridgehead atoms. The predicted octanol–water partition coefficient (Wildman–Crippen LogP) is 3.09. The van der Waals surface area contributed by atoms with Crippen LogP contribution in [0, 0.1) is 18.3 Å². The van der Waals surface area contributed by atoms with Crippen LogP contribution in [-0.2, 0) is 0 Å². The van der Waals surface area contributed by atoms with Crippen molar-refractivity contribution >= 4 is 28.8 Å². The number of nitriles is 1. The summed E-state index contributed by atoms with van der Waals surface area (Å²) in [5.74, 6) is 1.01. The topological polar surface area (TPSA) is 92.0 Å². The highest BCUT2D eigenvalue weighted by atomic mass is 15.3. The van der Waals surface area contributed by atoms with E-state index in [9.17, 15) is 5.26 Å². The molecule has 3 rings (SSSR count). The number of nitrogens with two attached hydrogens (primary N) is 1. The second-order valence-corrected chi connectivity index (χ2v) is 5.13. The van der Waals surface area contributed by atoms with Crippen LogP contribution in [0.25, 0.3) is 16.9 Å². The number of anilines is 1. The molecular formula is C18H16N6. The highest BCUT2D eigenvalue weighted by Crippen LogP contribution is 2.19. The first-order chi connectivity index (χ1) is 11.7. The van der Waals surface area contributed by atoms with Gasteiger partial charge >= 0.3 is 0 Å². The molecule has 0 aliphatic carbocycles. The SMILES string of the molecule is Cc1nc2ccccc2n1/C(N)=C(C#N)/C=N/Nc1ccccc1. The number of aromatic nitrogens is 2. The summed E-state index contributed by atoms with van der Waals surface area (Å²) in [7, 11) is 0. The Balaban J connectivity index is 1.95. The zero-order valence-electron chi connectivity index (χ0n) is 13.1. The van der Waals surface area contributed by atoms with Gasteiger partial charge in [0.2, 0.25) is 0 Å². The van der Waals surface area contributed by atoms with Crippen molar-refractivity contribution < 1.29 is 0 Å². The maximum Gasteiger partial charge on any atom is 0.129 e. The molecule has 24 heavy (non-hydrogen) atoms. The maximum absolute atomic E-state index is 9.41. The van der Waals surface area contributed by atoms with Gasteiger partial charge < -0.3 is 5.73 Å². The molecule has 6 nitrogen and oxygen atoms in total. The third-order valence-electron chi connectivity index (χ3n) is 3.53. The standard InChI is InChI=1S/C18H16N6/c1-13-22-16-9-5-6-10-17(16)24(13)18(20)14(11-19)12-21-23-15-7-3-2-4-8-15/h2-10,12,23H,20H2,1H3/b18-14+,21-12+. The van der Waals surface area contributed by atoms with Crippen LogP contribution in [0.2, 0.25) is 0 Å². The molecule has 0 saturated heterocycles. The summed E-state index contributed by atoms with van der Waals surface area (Å²) in [6, 6.07) is 19.2. The molecule has 3 N–H and O–H groups in total. The lowest BCUT2D eigenvalue weighted by atomic mass is 10.3. The fourth-order valence-electron chi connectivity index (χ4n) is 2.41. The van der Waals surface area contributed by atoms with Gasteiger partial charge in [0, 0.05) is 0 Å². The Hall–Kier alpha value is -3.59. The van der Waals surface area contributed by atoms with E-state index in [0.29, 0.717) is 11.6 Å². The van der Waals surface area contributed by atoms with Gasteiger partial charge in [0.05, 0.1) is 22.9 Å². The Morgan fingerprint density at radius 1 is 1.21 bits per heavy atom. The molecule has 0 aliphatic rings. The number of allylic oxidation sites excluding steroid dienone is 1. The summed E-state index contributed by atoms with van der Waals surface area (Å²) < 4.78 is 1.75. The molecule has 0 unspecified atom stereocenters. The van der Waals surface area contributed by atoms with Gasteiger partial charge in [-0.25, -0.2) is 4.98 Å². The Morgan fingerprint density at radius 3 is 2.67 bits per heavy atom. The van der Waals surface area contributed by atoms with Gasteiger partial charge in [-0.05, 0) is 31.2 Å². The molecule has 0 spiro atoms. The monoisotopic (exact) mass is 316 g/mol. The van der Waals surface area contributed by atoms with Crippen molar-refractivity contribution in [3.63, 3.8) is 0 Å². The molecule has 118 valence electrons. The molecule has 2 aromatic carbocycles. The molecule has 1 aromatic heterocycles. The van der Waals surface area contributed by atoms with E-state index in [0.717, 1.165) is 16.7 Å². The van der Waals surface area contributed by atoms with E-state index >= 15 is 0 Å². The van der Waals surface area contributed by atoms with Gasteiger partial charge in [0.25, 0.3) is 0 Å². The van der Waals surface area contributed by atoms with E-state index in [1.165, 1.54) is 6.21 Å². The number of benzene rings is 2. The van der Waals surface area contributed by atoms with Crippen LogP contribution in [0.15, 0.2) is 65.3 Å². The van der Waals surface area contributed by atoms with Crippen molar-refractivity contribution in [1.29, 1.82) is 5.26 Å². The number of rotatable bonds is 4. The highest BCUT2D eigenvalue weighted by Gasteiger charge is 2.11. The molecule has 0 saturated carbocycles. The van der Waals surface area contributed by atoms with Crippen LogP contribution in [0.4, 0.5) is 5.69 Å². The smallest absolute Gasteiger partial charge is 0.129 e. The first kappa shape index (κ1) is 15.3. The van der Waals surface area contributed by atoms with Crippen LogP contribution < -0.4 is 11.2 Å². The van der Waals surface area contributed by atoms with Crippen LogP contribution in [0.1, 0.15) is 5.82 Å². The quantitative estimate of drug-likeness (QED) is 0.439. The predicted molar refractivity (Wildman–Crippen MR) is 96.0 cm³/mol. The number of imidazole rings is 1. The van der Waals surface area contributed by atoms with Crippen molar-refractivity contribution in [2.24, 2.45) is 10.8 Å². The Morgan fingerprint density at radius 2 is 1.92 bits per heavy atom. The number of hydrogen-bond donors (Lipinski definition) is 2. The number of para-hydroxylation sites is 3. The normalized spacial score (nSPS) is 12.2. The van der Waals surface area contributed by atoms with Crippen molar-refractivity contribution in [3.05, 3.63) is 66.0 Å². The van der Waals surface area contributed by atoms with E-state index in [1.807, 2.05) is 61.5 Å². The molecule has 0 amide bonds. The highest BCUT2D eigenvalue weighted by molar-refractivity contribution is 5.93. The zero-order valence-corrected chi connectivity index (χ0v) is 13.1. The Kier molecular flexibility index (Phi) is 4.25. The largest absolute Gasteiger partial charge is 0.384 e. The number of hydrogen-bond acceptors (Lipinski definition) is 5. The Bertz CT molecular complexity index is 960. The van der Waals surface area contributed by atoms with Crippen molar-refractivity contribution in [3.8, 4) is 6.07 Å². The summed E-state index contributed by atoms with van der Waals surface area (Å²) in [4.78, 5) is 4.46. The maximum atomic E-state index is 9.41. The summed E-state index contributed by atoms with van der Waals surface area (Å²) >= 11 is 0. The average molecular weight is 316 g/mol. The van der Waals surface area contributed by atoms with Crippen LogP contribution in [-0.4, -0.2) is 15.8 Å². The summed E-state index contributed by atoms with van der Waals surface area (Å²) in [6.45, 7) is 1.85. The lowest BCUT2D eigenvalue weighted by Gasteiger charge is -2.07. The number of aryl methyl sites for hydroxylation is 1. The fourth-order valence-corrected chi connectivity index (χ4v) is 2.41. The average Bonchev–Trinajstić information content (AvgIpc) is 2.95. The lowest BCUT2D eigenvalue weighted by molar-refractivity contribution is 1.00. The van der Waals surface area contributed by atoms with Gasteiger partial charge in [-0.15, -0.1) is 0 Å². The van der Waals surface area contributed by atoms with E-state index < -0.39 is 0 Å². The molecule has 3 aromatic rings. The number of nitrogens with one attached hydrogen (secondary N) is 1. The van der Waals surface area contributed by atoms with E-state index in [4.69, 9.17) is 5.73 Å². The number of fused-ring (bicyclic) bond motifs is 1. The number of hydrazone groups is 1.